The number of fused-ring (bicyclic) bond motifs is 1. The lowest BCUT2D eigenvalue weighted by Crippen LogP contribution is -2.42. The van der Waals surface area contributed by atoms with Crippen molar-refractivity contribution in [3.63, 3.8) is 0 Å². The fourth-order valence-corrected chi connectivity index (χ4v) is 5.24. The van der Waals surface area contributed by atoms with Crippen LogP contribution in [0.5, 0.6) is 0 Å². The van der Waals surface area contributed by atoms with E-state index in [1.807, 2.05) is 0 Å². The van der Waals surface area contributed by atoms with E-state index in [2.05, 4.69) is 33.8 Å². The van der Waals surface area contributed by atoms with E-state index in [-0.39, 0.29) is 5.92 Å². The molecule has 24 heavy (non-hydrogen) atoms. The minimum atomic E-state index is -0.639. The Hall–Kier alpha value is -1.21. The first kappa shape index (κ1) is 16.3. The number of anilines is 1. The van der Waals surface area contributed by atoms with Gasteiger partial charge in [-0.2, -0.15) is 0 Å². The Labute approximate surface area is 146 Å². The Morgan fingerprint density at radius 3 is 2.67 bits per heavy atom. The molecule has 1 aromatic rings. The van der Waals surface area contributed by atoms with Crippen molar-refractivity contribution in [1.29, 1.82) is 0 Å². The molecule has 0 radical (unpaired) electrons. The van der Waals surface area contributed by atoms with E-state index >= 15 is 0 Å². The standard InChI is InChI=1S/C17H26N4O2S/c1-11(2)14-18-19-16(24-14)21-8-13-7-20(6-12-4-3-5-12)9-17(13,10-21)15(22)23/h11-13H,3-10H2,1-2H3,(H,22,23)/t13-,17-/m1/s1. The number of carboxylic acids is 1. The number of hydrogen-bond donors (Lipinski definition) is 1. The zero-order valence-electron chi connectivity index (χ0n) is 14.4. The number of rotatable bonds is 5. The van der Waals surface area contributed by atoms with E-state index in [1.165, 1.54) is 19.3 Å². The van der Waals surface area contributed by atoms with Crippen molar-refractivity contribution in [3.8, 4) is 0 Å². The van der Waals surface area contributed by atoms with Gasteiger partial charge in [0.25, 0.3) is 0 Å². The summed E-state index contributed by atoms with van der Waals surface area (Å²) in [5, 5.41) is 20.5. The first-order chi connectivity index (χ1) is 11.5. The molecule has 1 N–H and O–H groups in total. The fraction of sp³-hybridized carbons (Fsp3) is 0.824. The third kappa shape index (κ3) is 2.62. The van der Waals surface area contributed by atoms with Crippen molar-refractivity contribution >= 4 is 22.4 Å². The smallest absolute Gasteiger partial charge is 0.313 e. The molecule has 0 bridgehead atoms. The minimum Gasteiger partial charge on any atom is -0.481 e. The molecule has 2 aliphatic heterocycles. The third-order valence-corrected chi connectivity index (χ3v) is 7.33. The molecular formula is C17H26N4O2S. The van der Waals surface area contributed by atoms with Crippen LogP contribution in [0.25, 0.3) is 0 Å². The number of likely N-dealkylation sites (tertiary alicyclic amines) is 1. The van der Waals surface area contributed by atoms with Crippen LogP contribution < -0.4 is 4.90 Å². The highest BCUT2D eigenvalue weighted by atomic mass is 32.1. The molecule has 2 atom stereocenters. The summed E-state index contributed by atoms with van der Waals surface area (Å²) in [6, 6.07) is 0. The van der Waals surface area contributed by atoms with Crippen molar-refractivity contribution in [2.45, 2.75) is 39.0 Å². The van der Waals surface area contributed by atoms with E-state index in [0.29, 0.717) is 19.0 Å². The van der Waals surface area contributed by atoms with Crippen molar-refractivity contribution in [3.05, 3.63) is 5.01 Å². The summed E-state index contributed by atoms with van der Waals surface area (Å²) in [6.07, 6.45) is 3.97. The average Bonchev–Trinajstić information content (AvgIpc) is 3.14. The molecule has 1 saturated carbocycles. The first-order valence-electron chi connectivity index (χ1n) is 9.02. The monoisotopic (exact) mass is 350 g/mol. The van der Waals surface area contributed by atoms with Crippen LogP contribution in [0.3, 0.4) is 0 Å². The van der Waals surface area contributed by atoms with Crippen LogP contribution >= 0.6 is 11.3 Å². The largest absolute Gasteiger partial charge is 0.481 e. The average molecular weight is 350 g/mol. The summed E-state index contributed by atoms with van der Waals surface area (Å²) in [6.45, 7) is 8.27. The summed E-state index contributed by atoms with van der Waals surface area (Å²) in [7, 11) is 0. The van der Waals surface area contributed by atoms with Crippen LogP contribution in [-0.2, 0) is 4.79 Å². The molecular weight excluding hydrogens is 324 g/mol. The highest BCUT2D eigenvalue weighted by molar-refractivity contribution is 7.15. The molecule has 132 valence electrons. The Bertz CT molecular complexity index is 630. The number of hydrogen-bond acceptors (Lipinski definition) is 6. The number of carbonyl (C=O) groups is 1. The maximum absolute atomic E-state index is 12.1. The third-order valence-electron chi connectivity index (χ3n) is 6.04. The van der Waals surface area contributed by atoms with Gasteiger partial charge in [0, 0.05) is 44.6 Å². The molecule has 1 aromatic heterocycles. The highest BCUT2D eigenvalue weighted by Crippen LogP contribution is 2.45. The molecule has 3 heterocycles. The Kier molecular flexibility index (Phi) is 4.03. The van der Waals surface area contributed by atoms with Crippen molar-refractivity contribution in [2.24, 2.45) is 17.3 Å². The zero-order chi connectivity index (χ0) is 16.9. The lowest BCUT2D eigenvalue weighted by molar-refractivity contribution is -0.148. The molecule has 2 saturated heterocycles. The van der Waals surface area contributed by atoms with Crippen LogP contribution in [-0.4, -0.2) is 58.9 Å². The Morgan fingerprint density at radius 1 is 1.33 bits per heavy atom. The number of nitrogens with zero attached hydrogens (tertiary/aromatic N) is 4. The number of carboxylic acid groups (broad SMARTS) is 1. The van der Waals surface area contributed by atoms with E-state index in [0.717, 1.165) is 35.7 Å². The van der Waals surface area contributed by atoms with E-state index < -0.39 is 11.4 Å². The van der Waals surface area contributed by atoms with Gasteiger partial charge in [0.05, 0.1) is 0 Å². The van der Waals surface area contributed by atoms with Gasteiger partial charge in [-0.25, -0.2) is 0 Å². The number of aromatic nitrogens is 2. The second-order valence-electron chi connectivity index (χ2n) is 8.11. The molecule has 6 nitrogen and oxygen atoms in total. The van der Waals surface area contributed by atoms with Gasteiger partial charge in [0.2, 0.25) is 5.13 Å². The topological polar surface area (TPSA) is 69.6 Å². The normalized spacial score (nSPS) is 30.8. The molecule has 3 fully saturated rings. The molecule has 0 amide bonds. The molecule has 1 aliphatic carbocycles. The lowest BCUT2D eigenvalue weighted by atomic mass is 9.81. The first-order valence-corrected chi connectivity index (χ1v) is 9.83. The highest BCUT2D eigenvalue weighted by Gasteiger charge is 2.58. The summed E-state index contributed by atoms with van der Waals surface area (Å²) in [5.74, 6) is 0.716. The van der Waals surface area contributed by atoms with Gasteiger partial charge in [0.1, 0.15) is 10.4 Å². The SMILES string of the molecule is CC(C)c1nnc(N2C[C@H]3CN(CC4CCC4)C[C@@]3(C(=O)O)C2)s1. The quantitative estimate of drug-likeness (QED) is 0.879. The second kappa shape index (κ2) is 5.95. The summed E-state index contributed by atoms with van der Waals surface area (Å²) >= 11 is 1.61. The molecule has 0 unspecified atom stereocenters. The van der Waals surface area contributed by atoms with Crippen LogP contribution in [0.1, 0.15) is 44.0 Å². The predicted molar refractivity (Wildman–Crippen MR) is 93.6 cm³/mol. The van der Waals surface area contributed by atoms with Gasteiger partial charge in [-0.15, -0.1) is 10.2 Å². The zero-order valence-corrected chi connectivity index (χ0v) is 15.3. The Balaban J connectivity index is 1.48. The van der Waals surface area contributed by atoms with E-state index in [9.17, 15) is 9.90 Å². The van der Waals surface area contributed by atoms with Crippen molar-refractivity contribution in [1.82, 2.24) is 15.1 Å². The number of aliphatic carboxylic acids is 1. The maximum atomic E-state index is 12.1. The minimum absolute atomic E-state index is 0.196. The van der Waals surface area contributed by atoms with Crippen molar-refractivity contribution in [2.75, 3.05) is 37.6 Å². The molecule has 7 heteroatoms. The van der Waals surface area contributed by atoms with Gasteiger partial charge >= 0.3 is 5.97 Å². The summed E-state index contributed by atoms with van der Waals surface area (Å²) in [5.41, 5.74) is -0.632. The van der Waals surface area contributed by atoms with Gasteiger partial charge in [-0.3, -0.25) is 4.79 Å². The van der Waals surface area contributed by atoms with Gasteiger partial charge in [-0.1, -0.05) is 31.6 Å². The van der Waals surface area contributed by atoms with Crippen LogP contribution in [0, 0.1) is 17.3 Å². The molecule has 4 rings (SSSR count). The molecule has 0 aromatic carbocycles. The predicted octanol–water partition coefficient (Wildman–Crippen LogP) is 2.28. The lowest BCUT2D eigenvalue weighted by Gasteiger charge is -2.31. The van der Waals surface area contributed by atoms with E-state index in [4.69, 9.17) is 0 Å². The van der Waals surface area contributed by atoms with Gasteiger partial charge in [0.15, 0.2) is 0 Å². The fourth-order valence-electron chi connectivity index (χ4n) is 4.38. The second-order valence-corrected chi connectivity index (χ2v) is 9.09. The molecule has 0 spiro atoms. The maximum Gasteiger partial charge on any atom is 0.313 e. The Morgan fingerprint density at radius 2 is 2.12 bits per heavy atom. The van der Waals surface area contributed by atoms with Gasteiger partial charge < -0.3 is 14.9 Å². The summed E-state index contributed by atoms with van der Waals surface area (Å²) in [4.78, 5) is 16.7. The van der Waals surface area contributed by atoms with Crippen LogP contribution in [0.2, 0.25) is 0 Å². The van der Waals surface area contributed by atoms with Gasteiger partial charge in [-0.05, 0) is 18.8 Å². The molecule has 3 aliphatic rings. The van der Waals surface area contributed by atoms with E-state index in [1.54, 1.807) is 11.3 Å². The van der Waals surface area contributed by atoms with Crippen molar-refractivity contribution < 1.29 is 9.90 Å². The van der Waals surface area contributed by atoms with Crippen LogP contribution in [0.4, 0.5) is 5.13 Å². The van der Waals surface area contributed by atoms with Crippen LogP contribution in [0.15, 0.2) is 0 Å². The summed E-state index contributed by atoms with van der Waals surface area (Å²) < 4.78 is 0.